The Hall–Kier alpha value is 0.934. The molecule has 0 nitrogen and oxygen atoms in total. The Morgan fingerprint density at radius 3 is 2.17 bits per heavy atom. The summed E-state index contributed by atoms with van der Waals surface area (Å²) in [7, 11) is 14.9. The number of halogens is 3. The third-order valence-corrected chi connectivity index (χ3v) is 3.81. The van der Waals surface area contributed by atoms with E-state index in [0.29, 0.717) is 0 Å². The van der Waals surface area contributed by atoms with Gasteiger partial charge in [-0.2, -0.15) is 27.8 Å². The fourth-order valence-corrected chi connectivity index (χ4v) is 3.16. The van der Waals surface area contributed by atoms with Crippen LogP contribution >= 0.6 is 27.9 Å². The van der Waals surface area contributed by atoms with E-state index in [2.05, 4.69) is 20.8 Å². The third kappa shape index (κ3) is 4.22. The Bertz CT molecular complexity index is 349. The Morgan fingerprint density at radius 2 is 1.67 bits per heavy atom. The van der Waals surface area contributed by atoms with Gasteiger partial charge in [0, 0.05) is 0 Å². The molecule has 0 aliphatic heterocycles. The van der Waals surface area contributed by atoms with E-state index < -0.39 is 14.7 Å². The van der Waals surface area contributed by atoms with Gasteiger partial charge in [-0.3, -0.25) is 0 Å². The van der Waals surface area contributed by atoms with Crippen molar-refractivity contribution in [2.75, 3.05) is 0 Å². The van der Waals surface area contributed by atoms with E-state index in [1.165, 1.54) is 38.5 Å². The van der Waals surface area contributed by atoms with Gasteiger partial charge in [0.2, 0.25) is 0 Å². The second-order valence-electron chi connectivity index (χ2n) is 4.67. The van der Waals surface area contributed by atoms with Crippen LogP contribution in [0.2, 0.25) is 0 Å². The Balaban J connectivity index is 0.000000357. The molecule has 0 radical (unpaired) electrons. The fraction of sp³-hybridized carbons (Fsp3) is 0.643. The van der Waals surface area contributed by atoms with Crippen molar-refractivity contribution in [2.45, 2.75) is 59.3 Å². The van der Waals surface area contributed by atoms with E-state index in [0.717, 1.165) is 0 Å². The average molecular weight is 344 g/mol. The summed E-state index contributed by atoms with van der Waals surface area (Å²) >= 11 is -1.92. The van der Waals surface area contributed by atoms with Gasteiger partial charge in [0.25, 0.3) is 0 Å². The summed E-state index contributed by atoms with van der Waals surface area (Å²) in [6.45, 7) is 6.93. The summed E-state index contributed by atoms with van der Waals surface area (Å²) in [4.78, 5) is 0. The van der Waals surface area contributed by atoms with Crippen molar-refractivity contribution in [3.8, 4) is 0 Å². The molecule has 4 heteroatoms. The second-order valence-corrected chi connectivity index (χ2v) is 12.4. The minimum absolute atomic E-state index is 1.23. The number of hydrogen-bond acceptors (Lipinski definition) is 0. The zero-order valence-electron chi connectivity index (χ0n) is 11.4. The van der Waals surface area contributed by atoms with Crippen molar-refractivity contribution < 1.29 is 14.7 Å². The van der Waals surface area contributed by atoms with E-state index in [9.17, 15) is 0 Å². The number of hydrogen-bond donors (Lipinski definition) is 0. The Kier molecular flexibility index (Phi) is 7.81. The molecule has 1 aromatic carbocycles. The molecule has 0 saturated heterocycles. The predicted octanol–water partition coefficient (Wildman–Crippen LogP) is 5.78. The standard InChI is InChI=1S/C14H21.3ClH.Ti/c1-4-11-10(3)12(5-2)14-9-7-6-8-13(11)14;;;;/h4-9H2,1-3H3;3*1H;/q-1;;;;+4/p-3. The molecule has 0 unspecified atom stereocenters. The summed E-state index contributed by atoms with van der Waals surface area (Å²) in [6, 6.07) is 0. The van der Waals surface area contributed by atoms with Gasteiger partial charge in [-0.15, -0.1) is 0 Å². The molecule has 1 aliphatic rings. The number of fused-ring (bicyclic) bond motifs is 1. The monoisotopic (exact) mass is 342 g/mol. The van der Waals surface area contributed by atoms with Gasteiger partial charge in [0.15, 0.2) is 0 Å². The van der Waals surface area contributed by atoms with E-state index >= 15 is 0 Å². The topological polar surface area (TPSA) is 0 Å². The molecule has 0 spiro atoms. The van der Waals surface area contributed by atoms with E-state index in [1.807, 2.05) is 0 Å². The van der Waals surface area contributed by atoms with Crippen molar-refractivity contribution in [2.24, 2.45) is 0 Å². The molecular weight excluding hydrogens is 322 g/mol. The van der Waals surface area contributed by atoms with E-state index in [4.69, 9.17) is 27.9 Å². The van der Waals surface area contributed by atoms with Crippen LogP contribution in [-0.4, -0.2) is 0 Å². The maximum atomic E-state index is 4.97. The van der Waals surface area contributed by atoms with Crippen LogP contribution in [0.1, 0.15) is 54.5 Å². The molecule has 0 aromatic heterocycles. The SMILES string of the molecule is CCc1c2c([c-](CC)c1C)CCCC2.[Cl][Ti+]([Cl])[Cl]. The molecule has 2 rings (SSSR count). The molecule has 1 aliphatic carbocycles. The molecule has 0 bridgehead atoms. The summed E-state index contributed by atoms with van der Waals surface area (Å²) in [5.41, 5.74) is 8.43. The molecule has 0 saturated carbocycles. The molecule has 1 aromatic rings. The first kappa shape index (κ1) is 17.0. The van der Waals surface area contributed by atoms with Crippen LogP contribution in [-0.2, 0) is 40.4 Å². The van der Waals surface area contributed by atoms with Gasteiger partial charge in [-0.05, 0) is 0 Å². The first-order valence-electron chi connectivity index (χ1n) is 6.65. The van der Waals surface area contributed by atoms with Gasteiger partial charge in [-0.1, -0.05) is 59.3 Å². The fourth-order valence-electron chi connectivity index (χ4n) is 3.16. The molecule has 0 amide bonds. The van der Waals surface area contributed by atoms with Crippen molar-refractivity contribution in [3.63, 3.8) is 0 Å². The van der Waals surface area contributed by atoms with Crippen molar-refractivity contribution >= 4 is 27.9 Å². The van der Waals surface area contributed by atoms with Gasteiger partial charge in [-0.25, -0.2) is 0 Å². The summed E-state index contributed by atoms with van der Waals surface area (Å²) in [6.07, 6.45) is 7.97. The molecular formula is C14H21Cl3Ti. The van der Waals surface area contributed by atoms with Crippen LogP contribution in [0.25, 0.3) is 0 Å². The van der Waals surface area contributed by atoms with E-state index in [-0.39, 0.29) is 0 Å². The molecule has 0 N–H and O–H groups in total. The van der Waals surface area contributed by atoms with Gasteiger partial charge < -0.3 is 0 Å². The van der Waals surface area contributed by atoms with Crippen molar-refractivity contribution in [1.29, 1.82) is 0 Å². The first-order chi connectivity index (χ1) is 8.52. The zero-order chi connectivity index (χ0) is 13.7. The average Bonchev–Trinajstić information content (AvgIpc) is 2.59. The summed E-state index contributed by atoms with van der Waals surface area (Å²) < 4.78 is 0. The maximum absolute atomic E-state index is 4.97. The van der Waals surface area contributed by atoms with Crippen LogP contribution in [0.5, 0.6) is 0 Å². The Labute approximate surface area is 129 Å². The van der Waals surface area contributed by atoms with E-state index in [1.54, 1.807) is 27.8 Å². The summed E-state index contributed by atoms with van der Waals surface area (Å²) in [5, 5.41) is 0. The van der Waals surface area contributed by atoms with Crippen LogP contribution in [0.3, 0.4) is 0 Å². The predicted molar refractivity (Wildman–Crippen MR) is 79.7 cm³/mol. The van der Waals surface area contributed by atoms with Crippen LogP contribution < -0.4 is 0 Å². The molecule has 0 atom stereocenters. The Morgan fingerprint density at radius 1 is 1.11 bits per heavy atom. The van der Waals surface area contributed by atoms with Crippen LogP contribution in [0.4, 0.5) is 0 Å². The van der Waals surface area contributed by atoms with Crippen molar-refractivity contribution in [1.82, 2.24) is 0 Å². The zero-order valence-corrected chi connectivity index (χ0v) is 15.2. The molecule has 0 heterocycles. The molecule has 102 valence electrons. The molecule has 18 heavy (non-hydrogen) atoms. The number of rotatable bonds is 2. The van der Waals surface area contributed by atoms with Gasteiger partial charge in [0.05, 0.1) is 0 Å². The molecule has 0 fully saturated rings. The second kappa shape index (κ2) is 8.27. The quantitative estimate of drug-likeness (QED) is 0.471. The summed E-state index contributed by atoms with van der Waals surface area (Å²) in [5.74, 6) is 0. The minimum atomic E-state index is -1.92. The normalized spacial score (nSPS) is 13.7. The van der Waals surface area contributed by atoms with Gasteiger partial charge in [0.1, 0.15) is 0 Å². The third-order valence-electron chi connectivity index (χ3n) is 3.81. The van der Waals surface area contributed by atoms with Crippen LogP contribution in [0, 0.1) is 6.92 Å². The first-order valence-corrected chi connectivity index (χ1v) is 13.1. The van der Waals surface area contributed by atoms with Crippen LogP contribution in [0.15, 0.2) is 0 Å². The van der Waals surface area contributed by atoms with Gasteiger partial charge >= 0.3 is 42.6 Å². The van der Waals surface area contributed by atoms with Crippen molar-refractivity contribution in [3.05, 3.63) is 27.8 Å².